The van der Waals surface area contributed by atoms with Crippen molar-refractivity contribution in [2.24, 2.45) is 5.10 Å². The van der Waals surface area contributed by atoms with Gasteiger partial charge in [0.15, 0.2) is 0 Å². The van der Waals surface area contributed by atoms with Crippen molar-refractivity contribution in [3.05, 3.63) is 41.3 Å². The van der Waals surface area contributed by atoms with Gasteiger partial charge in [0, 0.05) is 39.1 Å². The van der Waals surface area contributed by atoms with Crippen LogP contribution < -0.4 is 0 Å². The van der Waals surface area contributed by atoms with Crippen molar-refractivity contribution in [2.45, 2.75) is 20.3 Å². The second-order valence-corrected chi connectivity index (χ2v) is 3.16. The fraction of sp³-hybridized carbons (Fsp3) is 0.333. The third kappa shape index (κ3) is 5.52. The molecule has 0 atom stereocenters. The van der Waals surface area contributed by atoms with Crippen LogP contribution >= 0.6 is 0 Å². The Morgan fingerprint density at radius 3 is 2.75 bits per heavy atom. The van der Waals surface area contributed by atoms with E-state index in [1.807, 2.05) is 25.1 Å². The summed E-state index contributed by atoms with van der Waals surface area (Å²) in [7, 11) is 0. The molecule has 1 radical (unpaired) electrons. The molecule has 1 aromatic rings. The molecule has 0 aliphatic rings. The molecular weight excluding hydrogens is 277 g/mol. The van der Waals surface area contributed by atoms with Gasteiger partial charge in [-0.25, -0.2) is 0 Å². The zero-order chi connectivity index (χ0) is 11.1. The standard InChI is InChI=1S/C12H14N2O.Y/c1-3-13-14-12(9-10(2)15)11-7-5-4-6-8-11;/h4-7H,3,9H2,1-2H3;/q-2;. The summed E-state index contributed by atoms with van der Waals surface area (Å²) in [5.74, 6) is 0.0808. The maximum atomic E-state index is 11.1. The maximum Gasteiger partial charge on any atom is 0.126 e. The number of hydrogen-bond acceptors (Lipinski definition) is 2. The molecule has 1 rings (SSSR count). The molecule has 0 unspecified atom stereocenters. The van der Waals surface area contributed by atoms with E-state index >= 15 is 0 Å². The summed E-state index contributed by atoms with van der Waals surface area (Å²) in [4.78, 5) is 11.1. The molecule has 4 heteroatoms. The summed E-state index contributed by atoms with van der Waals surface area (Å²) in [6, 6.07) is 10.5. The van der Waals surface area contributed by atoms with Crippen molar-refractivity contribution in [2.75, 3.05) is 6.54 Å². The van der Waals surface area contributed by atoms with E-state index in [0.29, 0.717) is 18.7 Å². The van der Waals surface area contributed by atoms with Crippen LogP contribution in [0.15, 0.2) is 29.4 Å². The number of Topliss-reactive ketones (excluding diaryl/α,β-unsaturated/α-hetero) is 1. The fourth-order valence-corrected chi connectivity index (χ4v) is 1.15. The molecule has 0 spiro atoms. The molecule has 0 bridgehead atoms. The number of ketones is 1. The van der Waals surface area contributed by atoms with E-state index in [-0.39, 0.29) is 38.5 Å². The number of carbonyl (C=O) groups is 1. The maximum absolute atomic E-state index is 11.1. The zero-order valence-electron chi connectivity index (χ0n) is 9.60. The second-order valence-electron chi connectivity index (χ2n) is 3.16. The summed E-state index contributed by atoms with van der Waals surface area (Å²) in [6.07, 6.45) is 0.310. The number of nitrogens with zero attached hydrogens (tertiary/aromatic N) is 2. The van der Waals surface area contributed by atoms with E-state index < -0.39 is 0 Å². The van der Waals surface area contributed by atoms with Gasteiger partial charge in [-0.05, 0) is 12.6 Å². The van der Waals surface area contributed by atoms with Crippen molar-refractivity contribution in [3.8, 4) is 0 Å². The predicted molar refractivity (Wildman–Crippen MR) is 61.0 cm³/mol. The number of hydrogen-bond donors (Lipinski definition) is 0. The molecule has 0 saturated heterocycles. The van der Waals surface area contributed by atoms with Gasteiger partial charge >= 0.3 is 0 Å². The third-order valence-corrected chi connectivity index (χ3v) is 1.77. The number of benzene rings is 1. The van der Waals surface area contributed by atoms with Crippen LogP contribution in [-0.4, -0.2) is 18.0 Å². The summed E-state index contributed by atoms with van der Waals surface area (Å²) >= 11 is 0. The van der Waals surface area contributed by atoms with Crippen molar-refractivity contribution in [1.82, 2.24) is 0 Å². The van der Waals surface area contributed by atoms with Gasteiger partial charge in [0.05, 0.1) is 0 Å². The summed E-state index contributed by atoms with van der Waals surface area (Å²) < 4.78 is 0. The van der Waals surface area contributed by atoms with E-state index in [1.165, 1.54) is 0 Å². The van der Waals surface area contributed by atoms with Crippen LogP contribution in [0.3, 0.4) is 0 Å². The Kier molecular flexibility index (Phi) is 8.31. The van der Waals surface area contributed by atoms with Crippen LogP contribution in [0, 0.1) is 6.07 Å². The summed E-state index contributed by atoms with van der Waals surface area (Å²) in [6.45, 7) is 4.07. The largest absolute Gasteiger partial charge is 0.612 e. The molecule has 0 aliphatic carbocycles. The van der Waals surface area contributed by atoms with Crippen molar-refractivity contribution < 1.29 is 37.5 Å². The fourth-order valence-electron chi connectivity index (χ4n) is 1.15. The van der Waals surface area contributed by atoms with Gasteiger partial charge in [-0.2, -0.15) is 0 Å². The average molecular weight is 291 g/mol. The zero-order valence-corrected chi connectivity index (χ0v) is 12.4. The van der Waals surface area contributed by atoms with E-state index in [9.17, 15) is 4.79 Å². The monoisotopic (exact) mass is 291 g/mol. The minimum Gasteiger partial charge on any atom is -0.612 e. The predicted octanol–water partition coefficient (Wildman–Crippen LogP) is 2.56. The van der Waals surface area contributed by atoms with Gasteiger partial charge in [0.1, 0.15) is 5.78 Å². The molecule has 0 saturated carbocycles. The molecule has 16 heavy (non-hydrogen) atoms. The van der Waals surface area contributed by atoms with Crippen LogP contribution in [0.5, 0.6) is 0 Å². The van der Waals surface area contributed by atoms with Crippen molar-refractivity contribution in [1.29, 1.82) is 0 Å². The first kappa shape index (κ1) is 15.5. The number of rotatable bonds is 5. The van der Waals surface area contributed by atoms with Crippen molar-refractivity contribution >= 4 is 11.5 Å². The average Bonchev–Trinajstić information content (AvgIpc) is 2.25. The molecule has 0 aliphatic heterocycles. The Balaban J connectivity index is 0.00000225. The molecule has 0 aromatic heterocycles. The van der Waals surface area contributed by atoms with Crippen LogP contribution in [0.25, 0.3) is 5.43 Å². The van der Waals surface area contributed by atoms with E-state index in [0.717, 1.165) is 5.56 Å². The Morgan fingerprint density at radius 2 is 2.25 bits per heavy atom. The summed E-state index contributed by atoms with van der Waals surface area (Å²) in [5, 5.41) is 4.04. The van der Waals surface area contributed by atoms with Gasteiger partial charge in [-0.3, -0.25) is 0 Å². The SMILES string of the molecule is CC[N-]N=C(CC(C)=O)c1[c-]cccc1.[Y]. The number of carbonyl (C=O) groups excluding carboxylic acids is 1. The Bertz CT molecular complexity index is 349. The van der Waals surface area contributed by atoms with Crippen LogP contribution in [0.1, 0.15) is 25.8 Å². The summed E-state index contributed by atoms with van der Waals surface area (Å²) in [5.41, 5.74) is 5.44. The van der Waals surface area contributed by atoms with E-state index in [4.69, 9.17) is 0 Å². The molecule has 0 amide bonds. The van der Waals surface area contributed by atoms with Crippen LogP contribution in [0.2, 0.25) is 0 Å². The third-order valence-electron chi connectivity index (χ3n) is 1.77. The molecule has 0 fully saturated rings. The molecule has 3 nitrogen and oxygen atoms in total. The Hall–Kier alpha value is -0.536. The Labute approximate surface area is 122 Å². The molecule has 0 heterocycles. The first-order valence-corrected chi connectivity index (χ1v) is 4.94. The second kappa shape index (κ2) is 8.60. The normalized spacial score (nSPS) is 10.5. The van der Waals surface area contributed by atoms with Gasteiger partial charge in [0.25, 0.3) is 0 Å². The molecule has 1 aromatic carbocycles. The van der Waals surface area contributed by atoms with Gasteiger partial charge in [-0.15, -0.1) is 42.4 Å². The van der Waals surface area contributed by atoms with E-state index in [1.54, 1.807) is 13.0 Å². The first-order chi connectivity index (χ1) is 7.24. The smallest absolute Gasteiger partial charge is 0.126 e. The van der Waals surface area contributed by atoms with Gasteiger partial charge in [0.2, 0.25) is 0 Å². The van der Waals surface area contributed by atoms with Crippen LogP contribution in [-0.2, 0) is 37.5 Å². The van der Waals surface area contributed by atoms with Crippen LogP contribution in [0.4, 0.5) is 0 Å². The van der Waals surface area contributed by atoms with E-state index in [2.05, 4.69) is 16.6 Å². The molecule has 0 N–H and O–H groups in total. The molecular formula is C12H14N2OY-2. The first-order valence-electron chi connectivity index (χ1n) is 4.94. The minimum absolute atomic E-state index is 0. The van der Waals surface area contributed by atoms with Gasteiger partial charge < -0.3 is 15.3 Å². The topological polar surface area (TPSA) is 43.5 Å². The quantitative estimate of drug-likeness (QED) is 0.467. The van der Waals surface area contributed by atoms with Crippen molar-refractivity contribution in [3.63, 3.8) is 0 Å². The minimum atomic E-state index is 0. The molecule has 83 valence electrons. The van der Waals surface area contributed by atoms with Gasteiger partial charge in [-0.1, -0.05) is 6.92 Å². The Morgan fingerprint density at radius 1 is 1.50 bits per heavy atom.